The smallest absolute Gasteiger partial charge is 0.261 e. The summed E-state index contributed by atoms with van der Waals surface area (Å²) in [6.07, 6.45) is 1.01. The van der Waals surface area contributed by atoms with Crippen LogP contribution in [0.4, 0.5) is 5.69 Å². The minimum atomic E-state index is -0.359. The molecule has 1 saturated heterocycles. The van der Waals surface area contributed by atoms with E-state index in [0.29, 0.717) is 29.2 Å². The molecule has 166 valence electrons. The van der Waals surface area contributed by atoms with Gasteiger partial charge < -0.3 is 10.2 Å². The summed E-state index contributed by atoms with van der Waals surface area (Å²) in [5.74, 6) is -0.536. The van der Waals surface area contributed by atoms with Crippen molar-refractivity contribution in [2.45, 2.75) is 13.0 Å². The first-order valence-electron chi connectivity index (χ1n) is 11.2. The Labute approximate surface area is 192 Å². The summed E-state index contributed by atoms with van der Waals surface area (Å²) in [5, 5.41) is 3.01. The van der Waals surface area contributed by atoms with E-state index in [4.69, 9.17) is 0 Å². The van der Waals surface area contributed by atoms with Crippen LogP contribution in [0, 0.1) is 5.92 Å². The van der Waals surface area contributed by atoms with Crippen molar-refractivity contribution in [3.63, 3.8) is 0 Å². The van der Waals surface area contributed by atoms with Crippen molar-refractivity contribution in [1.29, 1.82) is 0 Å². The van der Waals surface area contributed by atoms with Gasteiger partial charge in [-0.25, -0.2) is 0 Å². The summed E-state index contributed by atoms with van der Waals surface area (Å²) in [6.45, 7) is 2.66. The number of carbonyl (C=O) groups is 3. The zero-order valence-corrected chi connectivity index (χ0v) is 18.2. The molecule has 3 aromatic carbocycles. The number of hydrogen-bond acceptors (Lipinski definition) is 4. The molecule has 5 rings (SSSR count). The molecule has 1 atom stereocenters. The molecule has 0 spiro atoms. The van der Waals surface area contributed by atoms with Crippen molar-refractivity contribution in [2.75, 3.05) is 24.5 Å². The van der Waals surface area contributed by atoms with Gasteiger partial charge in [-0.3, -0.25) is 19.3 Å². The fraction of sp³-hybridized carbons (Fsp3) is 0.222. The van der Waals surface area contributed by atoms with Gasteiger partial charge in [-0.2, -0.15) is 0 Å². The van der Waals surface area contributed by atoms with E-state index in [1.165, 1.54) is 10.6 Å². The molecular weight excluding hydrogens is 414 g/mol. The van der Waals surface area contributed by atoms with Crippen molar-refractivity contribution in [2.24, 2.45) is 5.92 Å². The van der Waals surface area contributed by atoms with Crippen LogP contribution in [0.15, 0.2) is 78.9 Å². The van der Waals surface area contributed by atoms with Crippen LogP contribution in [0.5, 0.6) is 0 Å². The molecule has 33 heavy (non-hydrogen) atoms. The highest BCUT2D eigenvalue weighted by Crippen LogP contribution is 2.26. The second kappa shape index (κ2) is 8.90. The monoisotopic (exact) mass is 439 g/mol. The number of imide groups is 1. The summed E-state index contributed by atoms with van der Waals surface area (Å²) in [7, 11) is 0. The molecule has 6 nitrogen and oxygen atoms in total. The van der Waals surface area contributed by atoms with E-state index in [9.17, 15) is 14.4 Å². The summed E-state index contributed by atoms with van der Waals surface area (Å²) in [4.78, 5) is 42.0. The first-order chi connectivity index (χ1) is 16.1. The third-order valence-electron chi connectivity index (χ3n) is 6.37. The molecule has 2 aliphatic rings. The summed E-state index contributed by atoms with van der Waals surface area (Å²) >= 11 is 0. The minimum Gasteiger partial charge on any atom is -0.371 e. The van der Waals surface area contributed by atoms with E-state index in [1.807, 2.05) is 48.5 Å². The van der Waals surface area contributed by atoms with E-state index < -0.39 is 0 Å². The lowest BCUT2D eigenvalue weighted by atomic mass is 10.0. The van der Waals surface area contributed by atoms with E-state index in [1.54, 1.807) is 18.2 Å². The fourth-order valence-corrected chi connectivity index (χ4v) is 4.55. The van der Waals surface area contributed by atoms with E-state index in [0.717, 1.165) is 25.1 Å². The number of carbonyl (C=O) groups excluding carboxylic acids is 3. The lowest BCUT2D eigenvalue weighted by Gasteiger charge is -2.18. The normalized spacial score (nSPS) is 17.4. The van der Waals surface area contributed by atoms with Gasteiger partial charge in [-0.1, -0.05) is 48.5 Å². The molecule has 2 heterocycles. The molecule has 0 aromatic heterocycles. The molecule has 0 bridgehead atoms. The number of para-hydroxylation sites is 1. The maximum Gasteiger partial charge on any atom is 0.261 e. The Morgan fingerprint density at radius 2 is 1.58 bits per heavy atom. The molecule has 0 aliphatic carbocycles. The van der Waals surface area contributed by atoms with Crippen molar-refractivity contribution >= 4 is 23.4 Å². The van der Waals surface area contributed by atoms with Crippen molar-refractivity contribution in [3.8, 4) is 0 Å². The van der Waals surface area contributed by atoms with Crippen molar-refractivity contribution in [3.05, 3.63) is 101 Å². The van der Waals surface area contributed by atoms with Gasteiger partial charge in [0.15, 0.2) is 0 Å². The van der Waals surface area contributed by atoms with Crippen LogP contribution in [0.1, 0.15) is 43.1 Å². The van der Waals surface area contributed by atoms with Crippen LogP contribution in [-0.2, 0) is 6.54 Å². The van der Waals surface area contributed by atoms with Crippen molar-refractivity contribution < 1.29 is 14.4 Å². The number of nitrogens with one attached hydrogen (secondary N) is 1. The Morgan fingerprint density at radius 3 is 2.33 bits per heavy atom. The molecule has 3 amide bonds. The number of anilines is 1. The number of nitrogens with zero attached hydrogens (tertiary/aromatic N) is 2. The molecule has 1 N–H and O–H groups in total. The van der Waals surface area contributed by atoms with Gasteiger partial charge >= 0.3 is 0 Å². The van der Waals surface area contributed by atoms with Crippen LogP contribution in [0.25, 0.3) is 0 Å². The number of hydrogen-bond donors (Lipinski definition) is 1. The molecule has 0 saturated carbocycles. The Hall–Kier alpha value is -3.93. The van der Waals surface area contributed by atoms with Gasteiger partial charge in [0, 0.05) is 30.9 Å². The third-order valence-corrected chi connectivity index (χ3v) is 6.37. The fourth-order valence-electron chi connectivity index (χ4n) is 4.55. The minimum absolute atomic E-state index is 0.217. The number of fused-ring (bicyclic) bond motifs is 1. The topological polar surface area (TPSA) is 69.7 Å². The highest BCUT2D eigenvalue weighted by Gasteiger charge is 2.36. The molecular formula is C27H25N3O3. The highest BCUT2D eigenvalue weighted by atomic mass is 16.2. The Balaban J connectivity index is 1.22. The standard InChI is InChI=1S/C27H25N3O3/c31-25(28-16-20-13-14-29(17-20)22-9-5-2-6-10-22)21-11-12-23-24(15-21)27(33)30(26(23)32)18-19-7-3-1-4-8-19/h1-12,15,20H,13-14,16-18H2,(H,28,31). The zero-order chi connectivity index (χ0) is 22.8. The lowest BCUT2D eigenvalue weighted by molar-refractivity contribution is 0.0642. The Kier molecular flexibility index (Phi) is 5.65. The third kappa shape index (κ3) is 4.24. The highest BCUT2D eigenvalue weighted by molar-refractivity contribution is 6.22. The predicted octanol–water partition coefficient (Wildman–Crippen LogP) is 3.74. The first-order valence-corrected chi connectivity index (χ1v) is 11.2. The SMILES string of the molecule is O=C(NCC1CCN(c2ccccc2)C1)c1ccc2c(c1)C(=O)N(Cc1ccccc1)C2=O. The van der Waals surface area contributed by atoms with Gasteiger partial charge in [-0.05, 0) is 48.2 Å². The average Bonchev–Trinajstić information content (AvgIpc) is 3.43. The van der Waals surface area contributed by atoms with Crippen LogP contribution >= 0.6 is 0 Å². The van der Waals surface area contributed by atoms with Gasteiger partial charge in [0.25, 0.3) is 17.7 Å². The van der Waals surface area contributed by atoms with Gasteiger partial charge in [-0.15, -0.1) is 0 Å². The zero-order valence-electron chi connectivity index (χ0n) is 18.2. The molecule has 0 radical (unpaired) electrons. The van der Waals surface area contributed by atoms with Crippen LogP contribution in [0.2, 0.25) is 0 Å². The average molecular weight is 440 g/mol. The maximum atomic E-state index is 12.9. The second-order valence-electron chi connectivity index (χ2n) is 8.59. The van der Waals surface area contributed by atoms with Gasteiger partial charge in [0.2, 0.25) is 0 Å². The lowest BCUT2D eigenvalue weighted by Crippen LogP contribution is -2.31. The van der Waals surface area contributed by atoms with E-state index in [2.05, 4.69) is 22.3 Å². The molecule has 6 heteroatoms. The largest absolute Gasteiger partial charge is 0.371 e. The number of rotatable bonds is 6. The number of amides is 3. The maximum absolute atomic E-state index is 12.9. The molecule has 2 aliphatic heterocycles. The predicted molar refractivity (Wildman–Crippen MR) is 126 cm³/mol. The van der Waals surface area contributed by atoms with Crippen LogP contribution < -0.4 is 10.2 Å². The van der Waals surface area contributed by atoms with Gasteiger partial charge in [0.1, 0.15) is 0 Å². The summed E-state index contributed by atoms with van der Waals surface area (Å²) in [5.41, 5.74) is 3.12. The summed E-state index contributed by atoms with van der Waals surface area (Å²) in [6, 6.07) is 24.4. The van der Waals surface area contributed by atoms with Crippen molar-refractivity contribution in [1.82, 2.24) is 10.2 Å². The number of benzene rings is 3. The molecule has 3 aromatic rings. The summed E-state index contributed by atoms with van der Waals surface area (Å²) < 4.78 is 0. The van der Waals surface area contributed by atoms with E-state index >= 15 is 0 Å². The van der Waals surface area contributed by atoms with Crippen LogP contribution in [-0.4, -0.2) is 42.3 Å². The Morgan fingerprint density at radius 1 is 0.879 bits per heavy atom. The van der Waals surface area contributed by atoms with E-state index in [-0.39, 0.29) is 24.3 Å². The Bertz CT molecular complexity index is 1190. The van der Waals surface area contributed by atoms with Crippen LogP contribution in [0.3, 0.4) is 0 Å². The second-order valence-corrected chi connectivity index (χ2v) is 8.59. The first kappa shape index (κ1) is 20.9. The quantitative estimate of drug-likeness (QED) is 0.594. The molecule has 1 unspecified atom stereocenters. The molecule has 1 fully saturated rings. The van der Waals surface area contributed by atoms with Gasteiger partial charge in [0.05, 0.1) is 17.7 Å².